The number of hydrogen-bond acceptors (Lipinski definition) is 5. The molecule has 0 atom stereocenters. The molecule has 0 spiro atoms. The molecule has 2 aromatic rings. The molecule has 1 heterocycles. The van der Waals surface area contributed by atoms with Crippen molar-refractivity contribution in [3.63, 3.8) is 0 Å². The Hall–Kier alpha value is -2.83. The van der Waals surface area contributed by atoms with E-state index in [0.717, 1.165) is 4.90 Å². The zero-order valence-electron chi connectivity index (χ0n) is 12.8. The third-order valence-corrected chi connectivity index (χ3v) is 3.66. The normalized spacial score (nSPS) is 10.7. The van der Waals surface area contributed by atoms with Crippen LogP contribution < -0.4 is 5.63 Å². The standard InChI is InChI=1S/C16H17NO6/c1-9-11-4-3-10(18)7-13(11)23-16(22)12(9)5-6-14(19)17(2)8-15(20)21/h3-4,7,18H,5-6,8H2,1-2H3,(H,20,21). The Balaban J connectivity index is 2.24. The number of aromatic hydroxyl groups is 1. The molecule has 122 valence electrons. The number of carboxylic acid groups (broad SMARTS) is 1. The molecule has 2 N–H and O–H groups in total. The van der Waals surface area contributed by atoms with Crippen molar-refractivity contribution in [2.24, 2.45) is 0 Å². The summed E-state index contributed by atoms with van der Waals surface area (Å²) in [7, 11) is 1.40. The lowest BCUT2D eigenvalue weighted by Gasteiger charge is -2.14. The first-order chi connectivity index (χ1) is 10.8. The number of benzene rings is 1. The van der Waals surface area contributed by atoms with Gasteiger partial charge in [0.05, 0.1) is 0 Å². The van der Waals surface area contributed by atoms with Crippen LogP contribution in [0.25, 0.3) is 11.0 Å². The molecule has 1 aromatic carbocycles. The van der Waals surface area contributed by atoms with Crippen LogP contribution in [0.2, 0.25) is 0 Å². The number of phenolic OH excluding ortho intramolecular Hbond substituents is 1. The minimum atomic E-state index is -1.10. The summed E-state index contributed by atoms with van der Waals surface area (Å²) in [6.07, 6.45) is 0.173. The van der Waals surface area contributed by atoms with E-state index in [2.05, 4.69) is 0 Å². The molecule has 1 aromatic heterocycles. The highest BCUT2D eigenvalue weighted by atomic mass is 16.4. The van der Waals surface area contributed by atoms with E-state index >= 15 is 0 Å². The highest BCUT2D eigenvalue weighted by molar-refractivity contribution is 5.83. The van der Waals surface area contributed by atoms with Crippen molar-refractivity contribution in [1.29, 1.82) is 0 Å². The summed E-state index contributed by atoms with van der Waals surface area (Å²) < 4.78 is 5.18. The minimum absolute atomic E-state index is 0.00160. The minimum Gasteiger partial charge on any atom is -0.508 e. The van der Waals surface area contributed by atoms with Crippen molar-refractivity contribution >= 4 is 22.8 Å². The van der Waals surface area contributed by atoms with E-state index in [4.69, 9.17) is 9.52 Å². The number of phenols is 1. The van der Waals surface area contributed by atoms with Gasteiger partial charge in [-0.15, -0.1) is 0 Å². The van der Waals surface area contributed by atoms with Crippen LogP contribution in [0.4, 0.5) is 0 Å². The molecule has 2 rings (SSSR count). The number of carbonyl (C=O) groups is 2. The van der Waals surface area contributed by atoms with Crippen molar-refractivity contribution in [3.05, 3.63) is 39.7 Å². The van der Waals surface area contributed by atoms with Crippen LogP contribution in [0.15, 0.2) is 27.4 Å². The summed E-state index contributed by atoms with van der Waals surface area (Å²) in [6, 6.07) is 4.50. The first kappa shape index (κ1) is 16.5. The molecule has 0 unspecified atom stereocenters. The van der Waals surface area contributed by atoms with Crippen LogP contribution in [0.1, 0.15) is 17.5 Å². The first-order valence-corrected chi connectivity index (χ1v) is 7.00. The lowest BCUT2D eigenvalue weighted by Crippen LogP contribution is -2.32. The molecule has 0 bridgehead atoms. The van der Waals surface area contributed by atoms with Gasteiger partial charge in [0.2, 0.25) is 5.91 Å². The Morgan fingerprint density at radius 3 is 2.65 bits per heavy atom. The number of fused-ring (bicyclic) bond motifs is 1. The zero-order chi connectivity index (χ0) is 17.1. The van der Waals surface area contributed by atoms with E-state index < -0.39 is 11.6 Å². The maximum absolute atomic E-state index is 12.1. The van der Waals surface area contributed by atoms with Gasteiger partial charge in [0.15, 0.2) is 0 Å². The summed E-state index contributed by atoms with van der Waals surface area (Å²) in [5, 5.41) is 18.8. The number of carboxylic acids is 1. The summed E-state index contributed by atoms with van der Waals surface area (Å²) >= 11 is 0. The summed E-state index contributed by atoms with van der Waals surface area (Å²) in [5.41, 5.74) is 0.782. The van der Waals surface area contributed by atoms with Gasteiger partial charge in [-0.2, -0.15) is 0 Å². The van der Waals surface area contributed by atoms with Gasteiger partial charge in [-0.05, 0) is 31.0 Å². The number of nitrogens with zero attached hydrogens (tertiary/aromatic N) is 1. The van der Waals surface area contributed by atoms with E-state index in [1.807, 2.05) is 0 Å². The van der Waals surface area contributed by atoms with E-state index in [1.54, 1.807) is 13.0 Å². The van der Waals surface area contributed by atoms with Gasteiger partial charge in [0, 0.05) is 30.5 Å². The molecule has 0 radical (unpaired) electrons. The molecule has 0 fully saturated rings. The molecule has 7 heteroatoms. The lowest BCUT2D eigenvalue weighted by molar-refractivity contribution is -0.143. The second-order valence-electron chi connectivity index (χ2n) is 5.32. The second kappa shape index (κ2) is 6.51. The average molecular weight is 319 g/mol. The van der Waals surface area contributed by atoms with Crippen LogP contribution in [-0.2, 0) is 16.0 Å². The predicted octanol–water partition coefficient (Wildman–Crippen LogP) is 1.28. The highest BCUT2D eigenvalue weighted by Gasteiger charge is 2.16. The van der Waals surface area contributed by atoms with Crippen molar-refractivity contribution in [1.82, 2.24) is 4.90 Å². The molecule has 1 amide bonds. The Kier molecular flexibility index (Phi) is 4.68. The number of aryl methyl sites for hydroxylation is 1. The average Bonchev–Trinajstić information content (AvgIpc) is 2.45. The summed E-state index contributed by atoms with van der Waals surface area (Å²) in [4.78, 5) is 35.6. The molecular weight excluding hydrogens is 302 g/mol. The van der Waals surface area contributed by atoms with Crippen molar-refractivity contribution in [2.45, 2.75) is 19.8 Å². The molecular formula is C16H17NO6. The zero-order valence-corrected chi connectivity index (χ0v) is 12.8. The maximum Gasteiger partial charge on any atom is 0.339 e. The van der Waals surface area contributed by atoms with Crippen LogP contribution >= 0.6 is 0 Å². The van der Waals surface area contributed by atoms with E-state index in [-0.39, 0.29) is 36.6 Å². The Bertz CT molecular complexity index is 823. The van der Waals surface area contributed by atoms with Gasteiger partial charge in [0.1, 0.15) is 17.9 Å². The lowest BCUT2D eigenvalue weighted by atomic mass is 10.0. The van der Waals surface area contributed by atoms with E-state index in [1.165, 1.54) is 19.2 Å². The van der Waals surface area contributed by atoms with Gasteiger partial charge >= 0.3 is 11.6 Å². The van der Waals surface area contributed by atoms with Crippen molar-refractivity contribution in [2.75, 3.05) is 13.6 Å². The van der Waals surface area contributed by atoms with Gasteiger partial charge < -0.3 is 19.5 Å². The van der Waals surface area contributed by atoms with Crippen LogP contribution in [0.5, 0.6) is 5.75 Å². The molecule has 23 heavy (non-hydrogen) atoms. The third kappa shape index (κ3) is 3.68. The largest absolute Gasteiger partial charge is 0.508 e. The smallest absolute Gasteiger partial charge is 0.339 e. The van der Waals surface area contributed by atoms with Gasteiger partial charge in [-0.3, -0.25) is 9.59 Å². The molecule has 0 aliphatic rings. The van der Waals surface area contributed by atoms with Crippen LogP contribution in [0.3, 0.4) is 0 Å². The third-order valence-electron chi connectivity index (χ3n) is 3.66. The Morgan fingerprint density at radius 2 is 2.00 bits per heavy atom. The number of amides is 1. The predicted molar refractivity (Wildman–Crippen MR) is 82.5 cm³/mol. The van der Waals surface area contributed by atoms with Crippen LogP contribution in [0, 0.1) is 6.92 Å². The number of carbonyl (C=O) groups excluding carboxylic acids is 1. The second-order valence-corrected chi connectivity index (χ2v) is 5.32. The SMILES string of the molecule is Cc1c(CCC(=O)N(C)CC(=O)O)c(=O)oc2cc(O)ccc12. The van der Waals surface area contributed by atoms with E-state index in [9.17, 15) is 19.5 Å². The molecule has 0 aliphatic carbocycles. The highest BCUT2D eigenvalue weighted by Crippen LogP contribution is 2.23. The topological polar surface area (TPSA) is 108 Å². The number of likely N-dealkylation sites (N-methyl/N-ethyl adjacent to an activating group) is 1. The molecule has 7 nitrogen and oxygen atoms in total. The number of hydrogen-bond donors (Lipinski definition) is 2. The van der Waals surface area contributed by atoms with Gasteiger partial charge in [-0.1, -0.05) is 0 Å². The summed E-state index contributed by atoms with van der Waals surface area (Å²) in [6.45, 7) is 1.36. The van der Waals surface area contributed by atoms with Gasteiger partial charge in [-0.25, -0.2) is 4.79 Å². The fourth-order valence-corrected chi connectivity index (χ4v) is 2.39. The van der Waals surface area contributed by atoms with Crippen molar-refractivity contribution in [3.8, 4) is 5.75 Å². The van der Waals surface area contributed by atoms with Crippen LogP contribution in [-0.4, -0.2) is 40.6 Å². The fraction of sp³-hybridized carbons (Fsp3) is 0.312. The quantitative estimate of drug-likeness (QED) is 0.804. The van der Waals surface area contributed by atoms with Crippen molar-refractivity contribution < 1.29 is 24.2 Å². The Labute approximate surface area is 131 Å². The molecule has 0 aliphatic heterocycles. The summed E-state index contributed by atoms with van der Waals surface area (Å²) in [5.74, 6) is -1.46. The number of aliphatic carboxylic acids is 1. The number of rotatable bonds is 5. The maximum atomic E-state index is 12.1. The molecule has 0 saturated carbocycles. The molecule has 0 saturated heterocycles. The Morgan fingerprint density at radius 1 is 1.30 bits per heavy atom. The first-order valence-electron chi connectivity index (χ1n) is 7.00. The monoisotopic (exact) mass is 319 g/mol. The fourth-order valence-electron chi connectivity index (χ4n) is 2.39. The van der Waals surface area contributed by atoms with E-state index in [0.29, 0.717) is 16.5 Å². The van der Waals surface area contributed by atoms with Gasteiger partial charge in [0.25, 0.3) is 0 Å².